The van der Waals surface area contributed by atoms with Gasteiger partial charge in [-0.05, 0) is 113 Å². The zero-order chi connectivity index (χ0) is 71.1. The molecule has 0 aromatic carbocycles. The van der Waals surface area contributed by atoms with Gasteiger partial charge in [0.1, 0.15) is 60.4 Å². The predicted octanol–water partition coefficient (Wildman–Crippen LogP) is 3.98. The van der Waals surface area contributed by atoms with Crippen molar-refractivity contribution in [2.45, 2.75) is 242 Å². The van der Waals surface area contributed by atoms with E-state index in [-0.39, 0.29) is 74.8 Å². The molecule has 526 valence electrons. The normalized spacial score (nSPS) is 25.7. The second kappa shape index (κ2) is 39.1. The van der Waals surface area contributed by atoms with Gasteiger partial charge in [0.05, 0.1) is 19.3 Å². The van der Waals surface area contributed by atoms with E-state index in [0.717, 1.165) is 9.80 Å². The number of esters is 1. The number of carbonyl (C=O) groups is 12. The summed E-state index contributed by atoms with van der Waals surface area (Å²) >= 11 is 0. The topological polar surface area (TPSA) is 305 Å². The highest BCUT2D eigenvalue weighted by Crippen LogP contribution is 2.26. The first-order chi connectivity index (χ1) is 42.6. The molecule has 0 saturated carbocycles. The summed E-state index contributed by atoms with van der Waals surface area (Å²) in [5.74, 6) is -10.4. The van der Waals surface area contributed by atoms with E-state index >= 15 is 19.2 Å². The number of aliphatic hydroxyl groups excluding tert-OH is 1. The Morgan fingerprint density at radius 1 is 0.500 bits per heavy atom. The molecule has 5 N–H and O–H groups in total. The summed E-state index contributed by atoms with van der Waals surface area (Å²) in [5.41, 5.74) is 0. The number of unbranched alkanes of at least 4 members (excludes halogenated alkanes) is 2. The number of nitrogens with zero attached hydrogens (tertiary/aromatic N) is 7. The Morgan fingerprint density at radius 3 is 1.42 bits per heavy atom. The average Bonchev–Trinajstić information content (AvgIpc) is 0.820. The summed E-state index contributed by atoms with van der Waals surface area (Å²) in [6, 6.07) is -12.6. The summed E-state index contributed by atoms with van der Waals surface area (Å²) in [5, 5.41) is 23.3. The lowest BCUT2D eigenvalue weighted by Crippen LogP contribution is -2.63. The minimum absolute atomic E-state index is 0.00330. The molecule has 0 spiro atoms. The summed E-state index contributed by atoms with van der Waals surface area (Å²) < 4.78 is 5.03. The van der Waals surface area contributed by atoms with Crippen LogP contribution in [0.5, 0.6) is 0 Å². The van der Waals surface area contributed by atoms with Crippen LogP contribution in [0.25, 0.3) is 0 Å². The smallest absolute Gasteiger partial charge is 0.302 e. The van der Waals surface area contributed by atoms with Crippen LogP contribution in [0.1, 0.15) is 175 Å². The quantitative estimate of drug-likeness (QED) is 0.0655. The van der Waals surface area contributed by atoms with Gasteiger partial charge < -0.3 is 65.4 Å². The molecular weight excluding hydrogens is 1180 g/mol. The fourth-order valence-electron chi connectivity index (χ4n) is 11.3. The molecule has 0 radical (unpaired) electrons. The van der Waals surface area contributed by atoms with E-state index in [1.807, 2.05) is 67.5 Å². The van der Waals surface area contributed by atoms with E-state index in [2.05, 4.69) is 21.3 Å². The number of hydrogen-bond donors (Lipinski definition) is 5. The average molecular weight is 1300 g/mol. The lowest BCUT2D eigenvalue weighted by atomic mass is 9.91. The minimum Gasteiger partial charge on any atom is -0.466 e. The third-order valence-electron chi connectivity index (χ3n) is 17.1. The standard InChI is InChI=1S/C67H119N11O14/c1-25-48-63(87)72(18)37-53(80)73(19)49(33-38(2)3)60(84)71-54(42(10)11)66(90)74(20)50(34-39(4)5)59(83)68-45(15)58(82)69-46(16)62(86)75(21)51(35-40(6)7)64(88)76(22)52(36-41(8)9)65(89)77(23)55(43(12)13)67(91)78(24)56(61(85)70-48)57(81)44(14)31-29-27-26-28-30-32-92-47(17)79/h27,29,38-46,48-52,54-57,81H,25-26,28,30-37H2,1-24H3,(H,68,83)(H,69,82)(H,70,85)(H,71,84)/b29-27+/t44-,45+,46-,48+,49+,50+,51+,52+,54+,55+,56?,57-/m1/s1. The molecule has 1 rings (SSSR count). The van der Waals surface area contributed by atoms with Gasteiger partial charge in [-0.1, -0.05) is 109 Å². The second-order valence-electron chi connectivity index (χ2n) is 27.8. The molecule has 1 unspecified atom stereocenters. The molecule has 0 aromatic rings. The van der Waals surface area contributed by atoms with Crippen LogP contribution in [0.15, 0.2) is 12.2 Å². The molecule has 0 aliphatic carbocycles. The van der Waals surface area contributed by atoms with Gasteiger partial charge in [-0.2, -0.15) is 0 Å². The lowest BCUT2D eigenvalue weighted by molar-refractivity contribution is -0.157. The largest absolute Gasteiger partial charge is 0.466 e. The van der Waals surface area contributed by atoms with Crippen LogP contribution in [0.2, 0.25) is 0 Å². The van der Waals surface area contributed by atoms with E-state index < -0.39 is 156 Å². The molecule has 11 amide bonds. The molecule has 1 aliphatic rings. The van der Waals surface area contributed by atoms with Gasteiger partial charge in [0.2, 0.25) is 65.0 Å². The van der Waals surface area contributed by atoms with E-state index in [1.165, 1.54) is 94.6 Å². The van der Waals surface area contributed by atoms with Gasteiger partial charge in [0, 0.05) is 56.3 Å². The van der Waals surface area contributed by atoms with Crippen molar-refractivity contribution in [3.63, 3.8) is 0 Å². The molecule has 92 heavy (non-hydrogen) atoms. The maximum Gasteiger partial charge on any atom is 0.302 e. The van der Waals surface area contributed by atoms with Gasteiger partial charge in [-0.3, -0.25) is 57.5 Å². The zero-order valence-electron chi connectivity index (χ0n) is 60.2. The SMILES string of the molecule is CC[C@@H]1NC(=O)C([C@H](O)[C@H](C)C/C=C/CCCCOC(C)=O)N(C)C(=O)[C@H](C(C)C)N(C)C(=O)[C@H](CC(C)C)N(C)C(=O)[C@H](CC(C)C)N(C)C(=O)[C@@H](C)NC(=O)[C@H](C)NC(=O)[C@H](CC(C)C)N(C)C(=O)[C@H](C(C)C)NC(=O)[C@H](CC(C)C)N(C)C(=O)CN(C)C1=O. The summed E-state index contributed by atoms with van der Waals surface area (Å²) in [6.07, 6.45) is 4.95. The summed E-state index contributed by atoms with van der Waals surface area (Å²) in [7, 11) is 9.86. The fourth-order valence-corrected chi connectivity index (χ4v) is 11.3. The van der Waals surface area contributed by atoms with E-state index in [4.69, 9.17) is 4.74 Å². The van der Waals surface area contributed by atoms with Crippen molar-refractivity contribution in [2.75, 3.05) is 62.5 Å². The molecule has 1 saturated heterocycles. The van der Waals surface area contributed by atoms with E-state index in [0.29, 0.717) is 19.3 Å². The second-order valence-corrected chi connectivity index (χ2v) is 27.8. The van der Waals surface area contributed by atoms with Gasteiger partial charge >= 0.3 is 5.97 Å². The molecular formula is C67H119N11O14. The van der Waals surface area contributed by atoms with E-state index in [1.54, 1.807) is 41.5 Å². The van der Waals surface area contributed by atoms with Crippen molar-refractivity contribution < 1.29 is 67.4 Å². The van der Waals surface area contributed by atoms with Gasteiger partial charge in [-0.25, -0.2) is 0 Å². The van der Waals surface area contributed by atoms with Crippen LogP contribution in [0.4, 0.5) is 0 Å². The first-order valence-electron chi connectivity index (χ1n) is 33.1. The Morgan fingerprint density at radius 2 is 0.946 bits per heavy atom. The Bertz CT molecular complexity index is 2520. The molecule has 1 aliphatic heterocycles. The third kappa shape index (κ3) is 25.0. The number of rotatable bonds is 20. The fraction of sp³-hybridized carbons (Fsp3) is 0.791. The number of amides is 11. The van der Waals surface area contributed by atoms with Crippen molar-refractivity contribution in [2.24, 2.45) is 41.4 Å². The summed E-state index contributed by atoms with van der Waals surface area (Å²) in [6.45, 7) is 29.0. The van der Waals surface area contributed by atoms with Crippen LogP contribution in [0, 0.1) is 41.4 Å². The van der Waals surface area contributed by atoms with Crippen molar-refractivity contribution in [3.8, 4) is 0 Å². The maximum atomic E-state index is 15.3. The first-order valence-corrected chi connectivity index (χ1v) is 33.1. The van der Waals surface area contributed by atoms with E-state index in [9.17, 15) is 43.5 Å². The van der Waals surface area contributed by atoms with Crippen LogP contribution in [-0.2, 0) is 62.3 Å². The van der Waals surface area contributed by atoms with Gasteiger partial charge in [-0.15, -0.1) is 0 Å². The molecule has 1 heterocycles. The molecule has 25 heteroatoms. The molecule has 1 fully saturated rings. The highest BCUT2D eigenvalue weighted by molar-refractivity contribution is 5.99. The van der Waals surface area contributed by atoms with Crippen LogP contribution < -0.4 is 21.3 Å². The Hall–Kier alpha value is -6.66. The number of nitrogens with one attached hydrogen (secondary N) is 4. The minimum atomic E-state index is -1.66. The van der Waals surface area contributed by atoms with Crippen molar-refractivity contribution >= 4 is 70.9 Å². The summed E-state index contributed by atoms with van der Waals surface area (Å²) in [4.78, 5) is 181. The van der Waals surface area contributed by atoms with Gasteiger partial charge in [0.15, 0.2) is 0 Å². The van der Waals surface area contributed by atoms with Crippen molar-refractivity contribution in [1.29, 1.82) is 0 Å². The number of likely N-dealkylation sites (N-methyl/N-ethyl adjacent to an activating group) is 7. The maximum absolute atomic E-state index is 15.3. The number of aliphatic hydroxyl groups is 1. The predicted molar refractivity (Wildman–Crippen MR) is 353 cm³/mol. The molecule has 12 atom stereocenters. The molecule has 0 aromatic heterocycles. The van der Waals surface area contributed by atoms with Crippen molar-refractivity contribution in [3.05, 3.63) is 12.2 Å². The highest BCUT2D eigenvalue weighted by Gasteiger charge is 2.46. The highest BCUT2D eigenvalue weighted by atomic mass is 16.5. The van der Waals surface area contributed by atoms with Crippen LogP contribution in [-0.4, -0.2) is 239 Å². The zero-order valence-corrected chi connectivity index (χ0v) is 60.2. The van der Waals surface area contributed by atoms with Gasteiger partial charge in [0.25, 0.3) is 0 Å². The number of allylic oxidation sites excluding steroid dienone is 2. The number of carbonyl (C=O) groups excluding carboxylic acids is 12. The van der Waals surface area contributed by atoms with Crippen molar-refractivity contribution in [1.82, 2.24) is 55.6 Å². The lowest BCUT2D eigenvalue weighted by Gasteiger charge is -2.41. The monoisotopic (exact) mass is 1300 g/mol. The molecule has 0 bridgehead atoms. The Labute approximate surface area is 549 Å². The third-order valence-corrected chi connectivity index (χ3v) is 17.1. The Kier molecular flexibility index (Phi) is 35.5. The number of ether oxygens (including phenoxy) is 1. The Balaban J connectivity index is 4.32. The van der Waals surface area contributed by atoms with Crippen LogP contribution in [0.3, 0.4) is 0 Å². The molecule has 25 nitrogen and oxygen atoms in total. The van der Waals surface area contributed by atoms with Crippen LogP contribution >= 0.6 is 0 Å². The number of hydrogen-bond acceptors (Lipinski definition) is 14. The first kappa shape index (κ1) is 83.4.